The van der Waals surface area contributed by atoms with Crippen molar-refractivity contribution >= 4 is 17.4 Å². The minimum atomic E-state index is 0.425. The third-order valence-corrected chi connectivity index (χ3v) is 1.66. The van der Waals surface area contributed by atoms with E-state index in [4.69, 9.17) is 16.3 Å². The van der Waals surface area contributed by atoms with Crippen molar-refractivity contribution in [3.05, 3.63) is 17.5 Å². The molecule has 0 amide bonds. The van der Waals surface area contributed by atoms with Crippen LogP contribution in [0.2, 0.25) is 5.15 Å². The number of fused-ring (bicyclic) bond motifs is 1. The van der Waals surface area contributed by atoms with Crippen molar-refractivity contribution in [2.24, 2.45) is 0 Å². The highest BCUT2D eigenvalue weighted by molar-refractivity contribution is 6.29. The van der Waals surface area contributed by atoms with Crippen molar-refractivity contribution in [1.29, 1.82) is 0 Å². The van der Waals surface area contributed by atoms with Gasteiger partial charge in [-0.25, -0.2) is 0 Å². The molecule has 0 radical (unpaired) electrons. The van der Waals surface area contributed by atoms with Gasteiger partial charge in [-0.3, -0.25) is 0 Å². The van der Waals surface area contributed by atoms with Crippen LogP contribution in [0.25, 0.3) is 5.78 Å². The van der Waals surface area contributed by atoms with E-state index in [1.165, 1.54) is 18.0 Å². The zero-order valence-corrected chi connectivity index (χ0v) is 6.99. The van der Waals surface area contributed by atoms with Gasteiger partial charge in [-0.15, -0.1) is 0 Å². The second-order valence-electron chi connectivity index (χ2n) is 2.09. The highest BCUT2D eigenvalue weighted by atomic mass is 35.5. The van der Waals surface area contributed by atoms with E-state index < -0.39 is 0 Å². The highest BCUT2D eigenvalue weighted by Gasteiger charge is 2.04. The van der Waals surface area contributed by atoms with Crippen molar-refractivity contribution in [2.45, 2.75) is 0 Å². The molecule has 2 rings (SSSR count). The van der Waals surface area contributed by atoms with Crippen LogP contribution in [0, 0.1) is 0 Å². The standard InChI is InChI=1S/C6H5ClN4O/c1-12-5-2-4(7)11-6(10-5)8-3-9-11/h2-3H,1H3. The summed E-state index contributed by atoms with van der Waals surface area (Å²) in [5.74, 6) is 0.861. The van der Waals surface area contributed by atoms with Crippen LogP contribution in [-0.2, 0) is 0 Å². The summed E-state index contributed by atoms with van der Waals surface area (Å²) in [5, 5.41) is 4.27. The smallest absolute Gasteiger partial charge is 0.256 e. The number of nitrogens with zero attached hydrogens (tertiary/aromatic N) is 4. The molecule has 0 aromatic carbocycles. The van der Waals surface area contributed by atoms with Crippen molar-refractivity contribution in [2.75, 3.05) is 7.11 Å². The summed E-state index contributed by atoms with van der Waals surface area (Å²) in [6.07, 6.45) is 1.38. The first kappa shape index (κ1) is 7.30. The Bertz CT molecular complexity index is 413. The first-order valence-electron chi connectivity index (χ1n) is 3.21. The maximum absolute atomic E-state index is 5.82. The SMILES string of the molecule is COc1cc(Cl)n2ncnc2n1. The van der Waals surface area contributed by atoms with Gasteiger partial charge in [0.25, 0.3) is 5.78 Å². The van der Waals surface area contributed by atoms with Crippen LogP contribution in [0.4, 0.5) is 0 Å². The number of hydrogen-bond donors (Lipinski definition) is 0. The van der Waals surface area contributed by atoms with E-state index in [-0.39, 0.29) is 0 Å². The largest absolute Gasteiger partial charge is 0.481 e. The topological polar surface area (TPSA) is 52.3 Å². The van der Waals surface area contributed by atoms with Crippen molar-refractivity contribution in [3.8, 4) is 5.88 Å². The van der Waals surface area contributed by atoms with Gasteiger partial charge in [0.15, 0.2) is 0 Å². The highest BCUT2D eigenvalue weighted by Crippen LogP contribution is 2.15. The van der Waals surface area contributed by atoms with E-state index in [0.29, 0.717) is 16.8 Å². The Morgan fingerprint density at radius 1 is 1.58 bits per heavy atom. The second-order valence-corrected chi connectivity index (χ2v) is 2.48. The van der Waals surface area contributed by atoms with Crippen LogP contribution in [0.1, 0.15) is 0 Å². The zero-order valence-electron chi connectivity index (χ0n) is 6.23. The number of ether oxygens (including phenoxy) is 1. The van der Waals surface area contributed by atoms with Gasteiger partial charge < -0.3 is 4.74 Å². The minimum absolute atomic E-state index is 0.425. The fourth-order valence-corrected chi connectivity index (χ4v) is 1.07. The third kappa shape index (κ3) is 0.984. The van der Waals surface area contributed by atoms with Crippen LogP contribution >= 0.6 is 11.6 Å². The number of aromatic nitrogens is 4. The Morgan fingerprint density at radius 3 is 3.17 bits per heavy atom. The quantitative estimate of drug-likeness (QED) is 0.615. The Balaban J connectivity index is 2.75. The number of rotatable bonds is 1. The molecule has 0 N–H and O–H groups in total. The van der Waals surface area contributed by atoms with Gasteiger partial charge in [-0.05, 0) is 0 Å². The van der Waals surface area contributed by atoms with Gasteiger partial charge in [0.1, 0.15) is 11.5 Å². The number of halogens is 1. The van der Waals surface area contributed by atoms with E-state index >= 15 is 0 Å². The lowest BCUT2D eigenvalue weighted by Gasteiger charge is -1.99. The second kappa shape index (κ2) is 2.60. The van der Waals surface area contributed by atoms with Crippen molar-refractivity contribution < 1.29 is 4.74 Å². The molecule has 62 valence electrons. The Labute approximate surface area is 73.0 Å². The molecule has 0 saturated heterocycles. The van der Waals surface area contributed by atoms with Gasteiger partial charge in [-0.1, -0.05) is 11.6 Å². The lowest BCUT2D eigenvalue weighted by molar-refractivity contribution is 0.398. The summed E-state index contributed by atoms with van der Waals surface area (Å²) >= 11 is 5.82. The molecule has 0 aliphatic carbocycles. The molecule has 0 aliphatic heterocycles. The molecule has 2 aromatic heterocycles. The molecular weight excluding hydrogens is 180 g/mol. The Morgan fingerprint density at radius 2 is 2.42 bits per heavy atom. The molecule has 0 spiro atoms. The van der Waals surface area contributed by atoms with Crippen LogP contribution < -0.4 is 4.74 Å². The summed E-state index contributed by atoms with van der Waals surface area (Å²) in [6.45, 7) is 0. The average molecular weight is 185 g/mol. The predicted octanol–water partition coefficient (Wildman–Crippen LogP) is 0.786. The molecule has 2 aromatic rings. The maximum Gasteiger partial charge on any atom is 0.256 e. The van der Waals surface area contributed by atoms with Gasteiger partial charge >= 0.3 is 0 Å². The first-order chi connectivity index (χ1) is 5.81. The van der Waals surface area contributed by atoms with Crippen LogP contribution in [0.15, 0.2) is 12.4 Å². The normalized spacial score (nSPS) is 10.5. The lowest BCUT2D eigenvalue weighted by atomic mass is 10.6. The fraction of sp³-hybridized carbons (Fsp3) is 0.167. The molecule has 0 atom stereocenters. The zero-order chi connectivity index (χ0) is 8.55. The van der Waals surface area contributed by atoms with Crippen LogP contribution in [0.5, 0.6) is 5.88 Å². The van der Waals surface area contributed by atoms with Gasteiger partial charge in [-0.2, -0.15) is 19.6 Å². The maximum atomic E-state index is 5.82. The molecule has 0 fully saturated rings. The fourth-order valence-electron chi connectivity index (χ4n) is 0.861. The molecule has 12 heavy (non-hydrogen) atoms. The van der Waals surface area contributed by atoms with E-state index in [0.717, 1.165) is 0 Å². The molecule has 5 nitrogen and oxygen atoms in total. The van der Waals surface area contributed by atoms with Crippen molar-refractivity contribution in [3.63, 3.8) is 0 Å². The average Bonchev–Trinajstić information content (AvgIpc) is 2.52. The Kier molecular flexibility index (Phi) is 1.58. The summed E-state index contributed by atoms with van der Waals surface area (Å²) in [7, 11) is 1.52. The van der Waals surface area contributed by atoms with E-state index in [9.17, 15) is 0 Å². The van der Waals surface area contributed by atoms with E-state index in [1.54, 1.807) is 6.07 Å². The van der Waals surface area contributed by atoms with Gasteiger partial charge in [0.05, 0.1) is 7.11 Å². The summed E-state index contributed by atoms with van der Waals surface area (Å²) in [4.78, 5) is 7.86. The van der Waals surface area contributed by atoms with E-state index in [1.807, 2.05) is 0 Å². The summed E-state index contributed by atoms with van der Waals surface area (Å²) in [5.41, 5.74) is 0. The van der Waals surface area contributed by atoms with Gasteiger partial charge in [0.2, 0.25) is 5.88 Å². The molecule has 6 heteroatoms. The molecule has 0 aliphatic rings. The molecular formula is C6H5ClN4O. The third-order valence-electron chi connectivity index (χ3n) is 1.39. The van der Waals surface area contributed by atoms with Gasteiger partial charge in [0, 0.05) is 6.07 Å². The predicted molar refractivity (Wildman–Crippen MR) is 42.3 cm³/mol. The summed E-state index contributed by atoms with van der Waals surface area (Å²) in [6, 6.07) is 1.57. The molecule has 0 unspecified atom stereocenters. The van der Waals surface area contributed by atoms with Crippen LogP contribution in [0.3, 0.4) is 0 Å². The monoisotopic (exact) mass is 184 g/mol. The molecule has 0 saturated carbocycles. The molecule has 0 bridgehead atoms. The van der Waals surface area contributed by atoms with Crippen molar-refractivity contribution in [1.82, 2.24) is 19.6 Å². The number of methoxy groups -OCH3 is 1. The number of hydrogen-bond acceptors (Lipinski definition) is 4. The first-order valence-corrected chi connectivity index (χ1v) is 3.59. The summed E-state index contributed by atoms with van der Waals surface area (Å²) < 4.78 is 6.32. The lowest BCUT2D eigenvalue weighted by Crippen LogP contribution is -1.95. The Hall–Kier alpha value is -1.36. The minimum Gasteiger partial charge on any atom is -0.481 e. The van der Waals surface area contributed by atoms with E-state index in [2.05, 4.69) is 15.1 Å². The molecule has 2 heterocycles. The van der Waals surface area contributed by atoms with Crippen LogP contribution in [-0.4, -0.2) is 26.7 Å².